The number of urea groups is 1. The van der Waals surface area contributed by atoms with Gasteiger partial charge in [-0.25, -0.2) is 4.79 Å². The van der Waals surface area contributed by atoms with E-state index in [0.29, 0.717) is 0 Å². The first-order valence-corrected chi connectivity index (χ1v) is 5.81. The van der Waals surface area contributed by atoms with Crippen molar-refractivity contribution in [3.8, 4) is 0 Å². The maximum Gasteiger partial charge on any atom is 0.416 e. The molecule has 0 spiro atoms. The Kier molecular flexibility index (Phi) is 3.56. The van der Waals surface area contributed by atoms with Crippen molar-refractivity contribution in [1.82, 2.24) is 10.2 Å². The second-order valence-electron chi connectivity index (χ2n) is 4.34. The minimum atomic E-state index is -4.45. The van der Waals surface area contributed by atoms with Crippen LogP contribution in [-0.2, 0) is 11.0 Å². The number of amides is 3. The Labute approximate surface area is 112 Å². The van der Waals surface area contributed by atoms with Crippen molar-refractivity contribution in [2.45, 2.75) is 12.2 Å². The van der Waals surface area contributed by atoms with Crippen molar-refractivity contribution < 1.29 is 22.8 Å². The SMILES string of the molecule is NC(=O)N1CCNC(=O)[C@@H]1c1ccc(C(F)(F)F)cc1. The number of carbonyl (C=O) groups excluding carboxylic acids is 2. The summed E-state index contributed by atoms with van der Waals surface area (Å²) in [5.41, 5.74) is 4.65. The number of hydrogen-bond acceptors (Lipinski definition) is 2. The summed E-state index contributed by atoms with van der Waals surface area (Å²) in [4.78, 5) is 24.2. The lowest BCUT2D eigenvalue weighted by molar-refractivity contribution is -0.137. The number of nitrogens with one attached hydrogen (secondary N) is 1. The number of piperazine rings is 1. The molecular formula is C12H12F3N3O2. The number of alkyl halides is 3. The van der Waals surface area contributed by atoms with Crippen LogP contribution in [0.5, 0.6) is 0 Å². The fourth-order valence-electron chi connectivity index (χ4n) is 2.09. The molecule has 1 aliphatic rings. The Morgan fingerprint density at radius 1 is 1.30 bits per heavy atom. The lowest BCUT2D eigenvalue weighted by Gasteiger charge is -2.34. The summed E-state index contributed by atoms with van der Waals surface area (Å²) in [7, 11) is 0. The molecule has 0 unspecified atom stereocenters. The van der Waals surface area contributed by atoms with E-state index in [4.69, 9.17) is 5.73 Å². The molecule has 1 atom stereocenters. The molecule has 1 fully saturated rings. The number of halogens is 3. The number of nitrogens with two attached hydrogens (primary N) is 1. The first kappa shape index (κ1) is 14.2. The summed E-state index contributed by atoms with van der Waals surface area (Å²) in [5.74, 6) is -0.463. The minimum Gasteiger partial charge on any atom is -0.352 e. The number of primary amides is 1. The summed E-state index contributed by atoms with van der Waals surface area (Å²) in [6.07, 6.45) is -4.45. The fraction of sp³-hybridized carbons (Fsp3) is 0.333. The van der Waals surface area contributed by atoms with Crippen LogP contribution in [0.2, 0.25) is 0 Å². The average Bonchev–Trinajstić information content (AvgIpc) is 2.37. The predicted octanol–water partition coefficient (Wildman–Crippen LogP) is 1.26. The predicted molar refractivity (Wildman–Crippen MR) is 63.5 cm³/mol. The summed E-state index contributed by atoms with van der Waals surface area (Å²) in [5, 5.41) is 2.55. The summed E-state index contributed by atoms with van der Waals surface area (Å²) >= 11 is 0. The molecule has 1 aromatic carbocycles. The van der Waals surface area contributed by atoms with Gasteiger partial charge in [-0.15, -0.1) is 0 Å². The summed E-state index contributed by atoms with van der Waals surface area (Å²) < 4.78 is 37.4. The molecule has 108 valence electrons. The van der Waals surface area contributed by atoms with Crippen molar-refractivity contribution in [3.63, 3.8) is 0 Å². The zero-order valence-electron chi connectivity index (χ0n) is 10.3. The van der Waals surface area contributed by atoms with Gasteiger partial charge in [0.15, 0.2) is 0 Å². The smallest absolute Gasteiger partial charge is 0.352 e. The highest BCUT2D eigenvalue weighted by Crippen LogP contribution is 2.31. The van der Waals surface area contributed by atoms with Gasteiger partial charge in [-0.3, -0.25) is 4.79 Å². The topological polar surface area (TPSA) is 75.4 Å². The van der Waals surface area contributed by atoms with E-state index in [9.17, 15) is 22.8 Å². The molecule has 0 radical (unpaired) electrons. The molecule has 1 heterocycles. The maximum atomic E-state index is 12.5. The number of benzene rings is 1. The van der Waals surface area contributed by atoms with Crippen LogP contribution in [0, 0.1) is 0 Å². The molecular weight excluding hydrogens is 275 g/mol. The molecule has 5 nitrogen and oxygen atoms in total. The number of nitrogens with zero attached hydrogens (tertiary/aromatic N) is 1. The largest absolute Gasteiger partial charge is 0.416 e. The van der Waals surface area contributed by atoms with Gasteiger partial charge in [0.05, 0.1) is 5.56 Å². The van der Waals surface area contributed by atoms with Crippen molar-refractivity contribution in [2.24, 2.45) is 5.73 Å². The van der Waals surface area contributed by atoms with Gasteiger partial charge in [0.1, 0.15) is 6.04 Å². The van der Waals surface area contributed by atoms with Gasteiger partial charge in [0, 0.05) is 13.1 Å². The molecule has 0 aromatic heterocycles. The molecule has 0 aliphatic carbocycles. The lowest BCUT2D eigenvalue weighted by Crippen LogP contribution is -2.53. The van der Waals surface area contributed by atoms with E-state index < -0.39 is 29.7 Å². The lowest BCUT2D eigenvalue weighted by atomic mass is 10.0. The third-order valence-corrected chi connectivity index (χ3v) is 3.05. The van der Waals surface area contributed by atoms with Gasteiger partial charge in [-0.2, -0.15) is 13.2 Å². The Hall–Kier alpha value is -2.25. The Morgan fingerprint density at radius 2 is 1.90 bits per heavy atom. The third kappa shape index (κ3) is 2.68. The highest BCUT2D eigenvalue weighted by Gasteiger charge is 2.35. The van der Waals surface area contributed by atoms with Crippen LogP contribution in [-0.4, -0.2) is 29.9 Å². The van der Waals surface area contributed by atoms with E-state index in [-0.39, 0.29) is 18.7 Å². The van der Waals surface area contributed by atoms with E-state index in [2.05, 4.69) is 5.32 Å². The van der Waals surface area contributed by atoms with E-state index in [1.165, 1.54) is 12.1 Å². The standard InChI is InChI=1S/C12H12F3N3O2/c13-12(14,15)8-3-1-7(2-4-8)9-10(19)17-5-6-18(9)11(16)20/h1-4,9H,5-6H2,(H2,16,20)(H,17,19)/t9-/m0/s1. The molecule has 0 saturated carbocycles. The first-order chi connectivity index (χ1) is 9.30. The molecule has 1 saturated heterocycles. The monoisotopic (exact) mass is 287 g/mol. The second kappa shape index (κ2) is 5.03. The van der Waals surface area contributed by atoms with Crippen LogP contribution in [0.15, 0.2) is 24.3 Å². The molecule has 3 N–H and O–H groups in total. The van der Waals surface area contributed by atoms with Gasteiger partial charge >= 0.3 is 12.2 Å². The quantitative estimate of drug-likeness (QED) is 0.816. The van der Waals surface area contributed by atoms with Crippen LogP contribution in [0.3, 0.4) is 0 Å². The molecule has 8 heteroatoms. The van der Waals surface area contributed by atoms with E-state index >= 15 is 0 Å². The van der Waals surface area contributed by atoms with E-state index in [0.717, 1.165) is 17.0 Å². The first-order valence-electron chi connectivity index (χ1n) is 5.81. The molecule has 1 aromatic rings. The van der Waals surface area contributed by atoms with Gasteiger partial charge in [-0.1, -0.05) is 12.1 Å². The van der Waals surface area contributed by atoms with Crippen LogP contribution in [0.25, 0.3) is 0 Å². The fourth-order valence-corrected chi connectivity index (χ4v) is 2.09. The van der Waals surface area contributed by atoms with Gasteiger partial charge in [0.25, 0.3) is 0 Å². The summed E-state index contributed by atoms with van der Waals surface area (Å²) in [6, 6.07) is 2.31. The normalized spacial score (nSPS) is 19.6. The molecule has 1 aliphatic heterocycles. The Morgan fingerprint density at radius 3 is 2.40 bits per heavy atom. The number of carbonyl (C=O) groups is 2. The molecule has 20 heavy (non-hydrogen) atoms. The van der Waals surface area contributed by atoms with Gasteiger partial charge < -0.3 is 16.0 Å². The van der Waals surface area contributed by atoms with Crippen molar-refractivity contribution in [3.05, 3.63) is 35.4 Å². The highest BCUT2D eigenvalue weighted by molar-refractivity contribution is 5.88. The number of rotatable bonds is 1. The van der Waals surface area contributed by atoms with Crippen molar-refractivity contribution in [2.75, 3.05) is 13.1 Å². The van der Waals surface area contributed by atoms with Crippen molar-refractivity contribution in [1.29, 1.82) is 0 Å². The van der Waals surface area contributed by atoms with Crippen LogP contribution in [0.4, 0.5) is 18.0 Å². The zero-order chi connectivity index (χ0) is 14.9. The van der Waals surface area contributed by atoms with Crippen LogP contribution < -0.4 is 11.1 Å². The van der Waals surface area contributed by atoms with E-state index in [1.807, 2.05) is 0 Å². The van der Waals surface area contributed by atoms with Crippen LogP contribution in [0.1, 0.15) is 17.2 Å². The minimum absolute atomic E-state index is 0.215. The van der Waals surface area contributed by atoms with E-state index in [1.54, 1.807) is 0 Å². The maximum absolute atomic E-state index is 12.5. The van der Waals surface area contributed by atoms with Gasteiger partial charge in [-0.05, 0) is 17.7 Å². The number of hydrogen-bond donors (Lipinski definition) is 2. The molecule has 0 bridgehead atoms. The Bertz CT molecular complexity index is 528. The second-order valence-corrected chi connectivity index (χ2v) is 4.34. The molecule has 3 amide bonds. The zero-order valence-corrected chi connectivity index (χ0v) is 10.3. The summed E-state index contributed by atoms with van der Waals surface area (Å²) in [6.45, 7) is 0.478. The van der Waals surface area contributed by atoms with Crippen LogP contribution >= 0.6 is 0 Å². The van der Waals surface area contributed by atoms with Crippen molar-refractivity contribution >= 4 is 11.9 Å². The third-order valence-electron chi connectivity index (χ3n) is 3.05. The molecule has 2 rings (SSSR count). The average molecular weight is 287 g/mol. The Balaban J connectivity index is 2.32. The van der Waals surface area contributed by atoms with Gasteiger partial charge in [0.2, 0.25) is 5.91 Å². The highest BCUT2D eigenvalue weighted by atomic mass is 19.4.